The maximum absolute atomic E-state index is 9.08. The van der Waals surface area contributed by atoms with Crippen LogP contribution >= 0.6 is 0 Å². The molecule has 0 atom stereocenters. The summed E-state index contributed by atoms with van der Waals surface area (Å²) in [5.74, 6) is 0. The van der Waals surface area contributed by atoms with Gasteiger partial charge in [-0.2, -0.15) is 0 Å². The molecule has 1 heteroatoms. The van der Waals surface area contributed by atoms with E-state index in [2.05, 4.69) is 32.9 Å². The lowest BCUT2D eigenvalue weighted by atomic mass is 9.79. The Morgan fingerprint density at radius 2 is 1.75 bits per heavy atom. The number of rotatable bonds is 6. The first kappa shape index (κ1) is 13.2. The van der Waals surface area contributed by atoms with Crippen LogP contribution < -0.4 is 0 Å². The van der Waals surface area contributed by atoms with Crippen molar-refractivity contribution >= 4 is 0 Å². The lowest BCUT2D eigenvalue weighted by molar-refractivity contribution is 0.272. The average Bonchev–Trinajstić information content (AvgIpc) is 2.36. The maximum Gasteiger partial charge on any atom is 0.0681 e. The van der Waals surface area contributed by atoms with Crippen LogP contribution in [0.2, 0.25) is 0 Å². The second kappa shape index (κ2) is 6.05. The third-order valence-electron chi connectivity index (χ3n) is 3.90. The molecule has 0 heterocycles. The van der Waals surface area contributed by atoms with Gasteiger partial charge < -0.3 is 5.11 Å². The van der Waals surface area contributed by atoms with Gasteiger partial charge in [-0.1, -0.05) is 57.9 Å². The summed E-state index contributed by atoms with van der Waals surface area (Å²) in [5.41, 5.74) is 2.83. The molecule has 0 aliphatic carbocycles. The Bertz CT molecular complexity index is 313. The van der Waals surface area contributed by atoms with Crippen molar-refractivity contribution in [2.75, 3.05) is 0 Å². The fourth-order valence-corrected chi connectivity index (χ4v) is 1.93. The van der Waals surface area contributed by atoms with Crippen LogP contribution in [0.4, 0.5) is 0 Å². The molecule has 0 bridgehead atoms. The Labute approximate surface area is 99.5 Å². The smallest absolute Gasteiger partial charge is 0.0681 e. The summed E-state index contributed by atoms with van der Waals surface area (Å²) in [6.07, 6.45) is 4.83. The Kier molecular flexibility index (Phi) is 5.01. The van der Waals surface area contributed by atoms with Crippen molar-refractivity contribution in [3.8, 4) is 0 Å². The summed E-state index contributed by atoms with van der Waals surface area (Å²) in [7, 11) is 0. The second-order valence-corrected chi connectivity index (χ2v) is 5.00. The van der Waals surface area contributed by atoms with Crippen molar-refractivity contribution in [1.29, 1.82) is 0 Å². The molecule has 1 nitrogen and oxygen atoms in total. The van der Waals surface area contributed by atoms with E-state index in [1.54, 1.807) is 0 Å². The zero-order chi connectivity index (χ0) is 12.0. The first-order valence-corrected chi connectivity index (χ1v) is 6.32. The minimum atomic E-state index is 0.145. The predicted molar refractivity (Wildman–Crippen MR) is 69.4 cm³/mol. The molecule has 0 aromatic heterocycles. The molecule has 0 aliphatic rings. The van der Waals surface area contributed by atoms with Crippen LogP contribution in [-0.4, -0.2) is 5.11 Å². The minimum absolute atomic E-state index is 0.145. The molecular weight excluding hydrogens is 196 g/mol. The third-order valence-corrected chi connectivity index (χ3v) is 3.90. The molecule has 0 aliphatic heterocycles. The Morgan fingerprint density at radius 3 is 2.31 bits per heavy atom. The SMILES string of the molecule is CCC(C)(CC)CCc1cccc(CO)c1. The molecule has 16 heavy (non-hydrogen) atoms. The second-order valence-electron chi connectivity index (χ2n) is 5.00. The Hall–Kier alpha value is -0.820. The number of hydrogen-bond acceptors (Lipinski definition) is 1. The quantitative estimate of drug-likeness (QED) is 0.770. The van der Waals surface area contributed by atoms with Gasteiger partial charge in [0.1, 0.15) is 0 Å². The third kappa shape index (κ3) is 3.64. The van der Waals surface area contributed by atoms with E-state index in [4.69, 9.17) is 5.11 Å². The molecule has 1 aromatic rings. The van der Waals surface area contributed by atoms with Crippen molar-refractivity contribution in [3.63, 3.8) is 0 Å². The first-order chi connectivity index (χ1) is 7.63. The molecular formula is C15H24O. The van der Waals surface area contributed by atoms with Crippen molar-refractivity contribution in [3.05, 3.63) is 35.4 Å². The van der Waals surface area contributed by atoms with Crippen molar-refractivity contribution < 1.29 is 5.11 Å². The van der Waals surface area contributed by atoms with Gasteiger partial charge in [-0.25, -0.2) is 0 Å². The number of aliphatic hydroxyl groups is 1. The van der Waals surface area contributed by atoms with E-state index in [1.165, 1.54) is 24.8 Å². The highest BCUT2D eigenvalue weighted by Crippen LogP contribution is 2.31. The number of hydrogen-bond donors (Lipinski definition) is 1. The minimum Gasteiger partial charge on any atom is -0.392 e. The van der Waals surface area contributed by atoms with E-state index < -0.39 is 0 Å². The largest absolute Gasteiger partial charge is 0.392 e. The van der Waals surface area contributed by atoms with E-state index >= 15 is 0 Å². The normalized spacial score (nSPS) is 11.8. The van der Waals surface area contributed by atoms with Crippen LogP contribution in [-0.2, 0) is 13.0 Å². The van der Waals surface area contributed by atoms with Crippen LogP contribution in [0.25, 0.3) is 0 Å². The lowest BCUT2D eigenvalue weighted by Crippen LogP contribution is -2.14. The summed E-state index contributed by atoms with van der Waals surface area (Å²) in [6.45, 7) is 7.05. The zero-order valence-electron chi connectivity index (χ0n) is 10.8. The predicted octanol–water partition coefficient (Wildman–Crippen LogP) is 3.94. The van der Waals surface area contributed by atoms with E-state index in [-0.39, 0.29) is 6.61 Å². The highest BCUT2D eigenvalue weighted by atomic mass is 16.3. The van der Waals surface area contributed by atoms with Gasteiger partial charge >= 0.3 is 0 Å². The Balaban J connectivity index is 2.60. The molecule has 0 spiro atoms. The Morgan fingerprint density at radius 1 is 1.12 bits per heavy atom. The van der Waals surface area contributed by atoms with Gasteiger partial charge in [0.05, 0.1) is 6.61 Å². The van der Waals surface area contributed by atoms with E-state index in [0.717, 1.165) is 12.0 Å². The molecule has 0 amide bonds. The molecule has 1 N–H and O–H groups in total. The van der Waals surface area contributed by atoms with Gasteiger partial charge in [0, 0.05) is 0 Å². The van der Waals surface area contributed by atoms with E-state index in [0.29, 0.717) is 5.41 Å². The molecule has 1 rings (SSSR count). The van der Waals surface area contributed by atoms with E-state index in [1.807, 2.05) is 12.1 Å². The summed E-state index contributed by atoms with van der Waals surface area (Å²) in [4.78, 5) is 0. The fourth-order valence-electron chi connectivity index (χ4n) is 1.93. The summed E-state index contributed by atoms with van der Waals surface area (Å²) < 4.78 is 0. The zero-order valence-corrected chi connectivity index (χ0v) is 10.8. The van der Waals surface area contributed by atoms with Crippen LogP contribution in [0.1, 0.15) is 51.2 Å². The maximum atomic E-state index is 9.08. The molecule has 0 unspecified atom stereocenters. The topological polar surface area (TPSA) is 20.2 Å². The van der Waals surface area contributed by atoms with Crippen LogP contribution in [0.3, 0.4) is 0 Å². The molecule has 90 valence electrons. The standard InChI is InChI=1S/C15H24O/c1-4-15(3,5-2)10-9-13-7-6-8-14(11-13)12-16/h6-8,11,16H,4-5,9-10,12H2,1-3H3. The molecule has 0 saturated heterocycles. The number of aryl methyl sites for hydroxylation is 1. The molecule has 0 saturated carbocycles. The summed E-state index contributed by atoms with van der Waals surface area (Å²) in [6, 6.07) is 8.29. The van der Waals surface area contributed by atoms with Gasteiger partial charge in [-0.05, 0) is 29.4 Å². The monoisotopic (exact) mass is 220 g/mol. The molecule has 1 aromatic carbocycles. The summed E-state index contributed by atoms with van der Waals surface area (Å²) in [5, 5.41) is 9.08. The van der Waals surface area contributed by atoms with E-state index in [9.17, 15) is 0 Å². The average molecular weight is 220 g/mol. The van der Waals surface area contributed by atoms with Gasteiger partial charge in [-0.3, -0.25) is 0 Å². The van der Waals surface area contributed by atoms with Crippen LogP contribution in [0, 0.1) is 5.41 Å². The molecule has 0 fully saturated rings. The van der Waals surface area contributed by atoms with Gasteiger partial charge in [0.2, 0.25) is 0 Å². The van der Waals surface area contributed by atoms with Crippen molar-refractivity contribution in [2.45, 2.75) is 53.1 Å². The lowest BCUT2D eigenvalue weighted by Gasteiger charge is -2.26. The van der Waals surface area contributed by atoms with Crippen LogP contribution in [0.15, 0.2) is 24.3 Å². The van der Waals surface area contributed by atoms with Crippen LogP contribution in [0.5, 0.6) is 0 Å². The fraction of sp³-hybridized carbons (Fsp3) is 0.600. The number of aliphatic hydroxyl groups excluding tert-OH is 1. The summed E-state index contributed by atoms with van der Waals surface area (Å²) >= 11 is 0. The highest BCUT2D eigenvalue weighted by molar-refractivity contribution is 5.23. The molecule has 0 radical (unpaired) electrons. The van der Waals surface area contributed by atoms with Crippen molar-refractivity contribution in [1.82, 2.24) is 0 Å². The van der Waals surface area contributed by atoms with Gasteiger partial charge in [-0.15, -0.1) is 0 Å². The first-order valence-electron chi connectivity index (χ1n) is 6.32. The van der Waals surface area contributed by atoms with Crippen molar-refractivity contribution in [2.24, 2.45) is 5.41 Å². The number of benzene rings is 1. The van der Waals surface area contributed by atoms with Gasteiger partial charge in [0.15, 0.2) is 0 Å². The highest BCUT2D eigenvalue weighted by Gasteiger charge is 2.18. The van der Waals surface area contributed by atoms with Gasteiger partial charge in [0.25, 0.3) is 0 Å².